The quantitative estimate of drug-likeness (QED) is 0.390. The number of ether oxygens (including phenoxy) is 1. The lowest BCUT2D eigenvalue weighted by molar-refractivity contribution is 0.0350. The maximum absolute atomic E-state index is 10.2. The van der Waals surface area contributed by atoms with Gasteiger partial charge >= 0.3 is 0 Å². The molecule has 0 fully saturated rings. The van der Waals surface area contributed by atoms with Crippen LogP contribution in [-0.2, 0) is 0 Å². The summed E-state index contributed by atoms with van der Waals surface area (Å²) < 4.78 is 6.59. The van der Waals surface area contributed by atoms with Gasteiger partial charge in [0.05, 0.1) is 13.0 Å². The zero-order valence-corrected chi connectivity index (χ0v) is 22.1. The van der Waals surface area contributed by atoms with E-state index < -0.39 is 5.60 Å². The number of benzene rings is 1. The van der Waals surface area contributed by atoms with Crippen molar-refractivity contribution in [1.29, 1.82) is 0 Å². The predicted octanol–water partition coefficient (Wildman–Crippen LogP) is 5.91. The molecule has 0 bridgehead atoms. The fraction of sp³-hybridized carbons (Fsp3) is 0.321. The predicted molar refractivity (Wildman–Crippen MR) is 144 cm³/mol. The molecule has 0 amide bonds. The number of hydrogen-bond donors (Lipinski definition) is 0. The van der Waals surface area contributed by atoms with E-state index in [0.29, 0.717) is 17.3 Å². The first-order valence-corrected chi connectivity index (χ1v) is 12.6. The Balaban J connectivity index is 1.95. The molecule has 6 heteroatoms. The first-order chi connectivity index (χ1) is 16.3. The van der Waals surface area contributed by atoms with Crippen molar-refractivity contribution in [3.8, 4) is 5.88 Å². The molecule has 2 aromatic rings. The van der Waals surface area contributed by atoms with Gasteiger partial charge in [-0.15, -0.1) is 0 Å². The number of nitrogens with zero attached hydrogens (tertiary/aromatic N) is 2. The Labute approximate surface area is 215 Å². The van der Waals surface area contributed by atoms with E-state index in [0.717, 1.165) is 27.7 Å². The number of methoxy groups -OCH3 is 1. The van der Waals surface area contributed by atoms with Crippen LogP contribution in [0.2, 0.25) is 5.02 Å². The maximum Gasteiger partial charge on any atom is 0.217 e. The molecule has 0 aliphatic heterocycles. The largest absolute Gasteiger partial charge is 0.481 e. The average Bonchev–Trinajstić information content (AvgIpc) is 2.84. The second kappa shape index (κ2) is 10.6. The molecule has 1 aromatic heterocycles. The highest BCUT2D eigenvalue weighted by atomic mass is 79.9. The lowest BCUT2D eigenvalue weighted by Gasteiger charge is -2.41. The van der Waals surface area contributed by atoms with E-state index >= 15 is 0 Å². The van der Waals surface area contributed by atoms with Crippen molar-refractivity contribution in [3.63, 3.8) is 0 Å². The topological polar surface area (TPSA) is 48.3 Å². The van der Waals surface area contributed by atoms with Crippen molar-refractivity contribution in [3.05, 3.63) is 105 Å². The number of aromatic nitrogens is 1. The van der Waals surface area contributed by atoms with Crippen LogP contribution in [0.15, 0.2) is 89.1 Å². The number of pyridine rings is 1. The fourth-order valence-electron chi connectivity index (χ4n) is 5.02. The molecule has 2 N–H and O–H groups in total. The van der Waals surface area contributed by atoms with E-state index in [2.05, 4.69) is 82.4 Å². The number of hydrogen-bond acceptors (Lipinski definition) is 3. The average molecular weight is 543 g/mol. The number of rotatable bonds is 8. The minimum absolute atomic E-state index is 0.135. The molecule has 0 spiro atoms. The molecule has 4 rings (SSSR count). The van der Waals surface area contributed by atoms with E-state index in [1.807, 2.05) is 30.3 Å². The first kappa shape index (κ1) is 24.9. The van der Waals surface area contributed by atoms with Gasteiger partial charge in [0.15, 0.2) is 5.60 Å². The second-order valence-corrected chi connectivity index (χ2v) is 10.5. The third-order valence-electron chi connectivity index (χ3n) is 6.66. The molecule has 4 atom stereocenters. The Kier molecular flexibility index (Phi) is 7.78. The molecule has 1 aromatic carbocycles. The number of allylic oxidation sites excluding steroid dienone is 7. The van der Waals surface area contributed by atoms with Gasteiger partial charge in [-0.3, -0.25) is 0 Å². The Hall–Kier alpha value is -2.18. The third kappa shape index (κ3) is 5.08. The van der Waals surface area contributed by atoms with Crippen molar-refractivity contribution in [2.45, 2.75) is 17.9 Å². The molecule has 178 valence electrons. The van der Waals surface area contributed by atoms with Gasteiger partial charge in [0, 0.05) is 51.6 Å². The van der Waals surface area contributed by atoms with E-state index in [4.69, 9.17) is 16.3 Å². The molecule has 0 radical (unpaired) electrons. The minimum atomic E-state index is -0.961. The third-order valence-corrected chi connectivity index (χ3v) is 7.35. The fourth-order valence-corrected chi connectivity index (χ4v) is 5.50. The highest BCUT2D eigenvalue weighted by Crippen LogP contribution is 2.50. The van der Waals surface area contributed by atoms with Crippen molar-refractivity contribution in [1.82, 2.24) is 9.88 Å². The first-order valence-electron chi connectivity index (χ1n) is 11.4. The van der Waals surface area contributed by atoms with Gasteiger partial charge in [-0.2, -0.15) is 0 Å². The van der Waals surface area contributed by atoms with E-state index in [1.54, 1.807) is 13.3 Å². The Morgan fingerprint density at radius 3 is 2.56 bits per heavy atom. The lowest BCUT2D eigenvalue weighted by atomic mass is 9.64. The van der Waals surface area contributed by atoms with Crippen LogP contribution < -0.4 is 4.74 Å². The SMILES string of the molecule is COc1ncc(Br)cc1C(c1ccc(Cl)cc1)C([OH2+])(CCN(C)C)C1=CC=CC2C=CC=CC12. The molecule has 2 aliphatic carbocycles. The molecular weight excluding hydrogens is 512 g/mol. The van der Waals surface area contributed by atoms with Gasteiger partial charge in [-0.1, -0.05) is 66.3 Å². The summed E-state index contributed by atoms with van der Waals surface area (Å²) in [5.41, 5.74) is 2.04. The lowest BCUT2D eigenvalue weighted by Crippen LogP contribution is -2.45. The van der Waals surface area contributed by atoms with Crippen LogP contribution in [0.3, 0.4) is 0 Å². The van der Waals surface area contributed by atoms with Crippen molar-refractivity contribution < 1.29 is 9.84 Å². The molecule has 1 heterocycles. The summed E-state index contributed by atoms with van der Waals surface area (Å²) in [6.07, 6.45) is 17.5. The van der Waals surface area contributed by atoms with Crippen LogP contribution in [0.1, 0.15) is 23.5 Å². The van der Waals surface area contributed by atoms with Crippen molar-refractivity contribution in [2.24, 2.45) is 11.8 Å². The van der Waals surface area contributed by atoms with Gasteiger partial charge in [-0.25, -0.2) is 4.98 Å². The normalized spacial score (nSPS) is 21.7. The summed E-state index contributed by atoms with van der Waals surface area (Å²) in [7, 11) is 5.75. The van der Waals surface area contributed by atoms with Gasteiger partial charge in [-0.05, 0) is 53.8 Å². The number of fused-ring (bicyclic) bond motifs is 1. The van der Waals surface area contributed by atoms with E-state index in [-0.39, 0.29) is 17.8 Å². The van der Waals surface area contributed by atoms with Gasteiger partial charge in [0.1, 0.15) is 0 Å². The Morgan fingerprint density at radius 2 is 1.85 bits per heavy atom. The summed E-state index contributed by atoms with van der Waals surface area (Å²) in [6, 6.07) is 9.89. The summed E-state index contributed by atoms with van der Waals surface area (Å²) in [5, 5.41) is 10.9. The molecule has 0 saturated heterocycles. The zero-order chi connectivity index (χ0) is 24.3. The maximum atomic E-state index is 10.2. The molecule has 4 unspecified atom stereocenters. The molecule has 0 saturated carbocycles. The highest BCUT2D eigenvalue weighted by Gasteiger charge is 2.51. The van der Waals surface area contributed by atoms with Gasteiger partial charge in [0.25, 0.3) is 0 Å². The molecular formula is C28H31BrClN2O2+. The molecule has 34 heavy (non-hydrogen) atoms. The van der Waals surface area contributed by atoms with Crippen LogP contribution in [0.25, 0.3) is 0 Å². The van der Waals surface area contributed by atoms with Gasteiger partial charge < -0.3 is 14.7 Å². The van der Waals surface area contributed by atoms with Crippen LogP contribution >= 0.6 is 27.5 Å². The summed E-state index contributed by atoms with van der Waals surface area (Å²) in [4.78, 5) is 6.69. The monoisotopic (exact) mass is 541 g/mol. The Bertz CT molecular complexity index is 1140. The van der Waals surface area contributed by atoms with Crippen molar-refractivity contribution >= 4 is 27.5 Å². The summed E-state index contributed by atoms with van der Waals surface area (Å²) >= 11 is 9.87. The zero-order valence-electron chi connectivity index (χ0n) is 19.7. The van der Waals surface area contributed by atoms with Crippen LogP contribution in [0, 0.1) is 11.8 Å². The highest BCUT2D eigenvalue weighted by molar-refractivity contribution is 9.10. The van der Waals surface area contributed by atoms with Crippen LogP contribution in [0.4, 0.5) is 0 Å². The van der Waals surface area contributed by atoms with Gasteiger partial charge in [0.2, 0.25) is 5.88 Å². The minimum Gasteiger partial charge on any atom is -0.481 e. The standard InChI is InChI=1S/C28H30BrClN2O2/c1-32(2)16-15-28(33,25-10-6-8-19-7-4-5-9-23(19)25)26(20-11-13-22(30)14-12-20)24-17-21(29)18-31-27(24)34-3/h4-14,17-19,23,26,33H,15-16H2,1-3H3/p+1. The molecule has 4 nitrogen and oxygen atoms in total. The van der Waals surface area contributed by atoms with Crippen molar-refractivity contribution in [2.75, 3.05) is 27.7 Å². The summed E-state index contributed by atoms with van der Waals surface area (Å²) in [5.74, 6) is 0.604. The van der Waals surface area contributed by atoms with E-state index in [9.17, 15) is 5.11 Å². The van der Waals surface area contributed by atoms with Crippen LogP contribution in [-0.4, -0.2) is 48.3 Å². The summed E-state index contributed by atoms with van der Waals surface area (Å²) in [6.45, 7) is 0.773. The molecule has 2 aliphatic rings. The Morgan fingerprint density at radius 1 is 1.15 bits per heavy atom. The second-order valence-electron chi connectivity index (χ2n) is 9.14. The number of halogens is 2. The van der Waals surface area contributed by atoms with E-state index in [1.165, 1.54) is 0 Å². The van der Waals surface area contributed by atoms with Crippen LogP contribution in [0.5, 0.6) is 5.88 Å². The smallest absolute Gasteiger partial charge is 0.217 e.